The molecule has 3 rings (SSSR count). The molecule has 3 heterocycles. The van der Waals surface area contributed by atoms with Crippen molar-refractivity contribution in [3.05, 3.63) is 23.4 Å². The molecule has 9 heteroatoms. The second-order valence-electron chi connectivity index (χ2n) is 5.91. The lowest BCUT2D eigenvalue weighted by molar-refractivity contribution is 0.227. The first-order chi connectivity index (χ1) is 11.6. The van der Waals surface area contributed by atoms with Crippen LogP contribution in [0.25, 0.3) is 0 Å². The molecule has 1 aliphatic heterocycles. The monoisotopic (exact) mass is 333 g/mol. The van der Waals surface area contributed by atoms with Gasteiger partial charge >= 0.3 is 6.03 Å². The zero-order valence-corrected chi connectivity index (χ0v) is 14.2. The summed E-state index contributed by atoms with van der Waals surface area (Å²) in [5, 5.41) is 14.2. The van der Waals surface area contributed by atoms with E-state index >= 15 is 0 Å². The fourth-order valence-corrected chi connectivity index (χ4v) is 2.85. The summed E-state index contributed by atoms with van der Waals surface area (Å²) in [5.74, 6) is 2.62. The number of rotatable bonds is 5. The Morgan fingerprint density at radius 3 is 2.92 bits per heavy atom. The van der Waals surface area contributed by atoms with Crippen molar-refractivity contribution in [2.75, 3.05) is 0 Å². The van der Waals surface area contributed by atoms with Gasteiger partial charge in [-0.1, -0.05) is 19.0 Å². The van der Waals surface area contributed by atoms with E-state index < -0.39 is 0 Å². The van der Waals surface area contributed by atoms with Crippen LogP contribution in [-0.2, 0) is 13.0 Å². The van der Waals surface area contributed by atoms with Crippen LogP contribution in [0, 0.1) is 6.92 Å². The van der Waals surface area contributed by atoms with Crippen LogP contribution in [0.2, 0.25) is 0 Å². The van der Waals surface area contributed by atoms with Gasteiger partial charge in [0.05, 0.1) is 12.1 Å². The van der Waals surface area contributed by atoms with Gasteiger partial charge < -0.3 is 15.2 Å². The maximum absolute atomic E-state index is 12.4. The molecule has 0 saturated carbocycles. The quantitative estimate of drug-likeness (QED) is 0.863. The van der Waals surface area contributed by atoms with E-state index in [4.69, 9.17) is 4.52 Å². The van der Waals surface area contributed by atoms with Gasteiger partial charge in [0.1, 0.15) is 5.82 Å². The smallest absolute Gasteiger partial charge is 0.315 e. The van der Waals surface area contributed by atoms with E-state index in [1.54, 1.807) is 6.92 Å². The third kappa shape index (κ3) is 3.39. The molecular formula is C15H23N7O2. The van der Waals surface area contributed by atoms with E-state index in [2.05, 4.69) is 30.9 Å². The molecule has 130 valence electrons. The van der Waals surface area contributed by atoms with Gasteiger partial charge in [0.25, 0.3) is 0 Å². The average molecular weight is 333 g/mol. The van der Waals surface area contributed by atoms with Crippen LogP contribution in [0.15, 0.2) is 4.52 Å². The molecule has 2 aromatic heterocycles. The Bertz CT molecular complexity index is 708. The van der Waals surface area contributed by atoms with Crippen LogP contribution in [0.4, 0.5) is 4.79 Å². The van der Waals surface area contributed by atoms with Crippen LogP contribution >= 0.6 is 0 Å². The topological polar surface area (TPSA) is 111 Å². The molecular weight excluding hydrogens is 310 g/mol. The summed E-state index contributed by atoms with van der Waals surface area (Å²) in [6, 6.07) is -0.671. The number of fused-ring (bicyclic) bond motifs is 1. The van der Waals surface area contributed by atoms with Gasteiger partial charge in [0.2, 0.25) is 5.89 Å². The van der Waals surface area contributed by atoms with Crippen molar-refractivity contribution < 1.29 is 9.32 Å². The molecule has 0 aromatic carbocycles. The Balaban J connectivity index is 1.66. The zero-order valence-electron chi connectivity index (χ0n) is 14.2. The van der Waals surface area contributed by atoms with Crippen LogP contribution in [-0.4, -0.2) is 30.9 Å². The van der Waals surface area contributed by atoms with E-state index in [0.29, 0.717) is 18.1 Å². The molecule has 24 heavy (non-hydrogen) atoms. The summed E-state index contributed by atoms with van der Waals surface area (Å²) in [7, 11) is 0. The molecule has 0 fully saturated rings. The molecule has 0 spiro atoms. The summed E-state index contributed by atoms with van der Waals surface area (Å²) in [6.45, 7) is 6.56. The first-order valence-corrected chi connectivity index (χ1v) is 8.41. The molecule has 2 N–H and O–H groups in total. The molecule has 0 bridgehead atoms. The minimum Gasteiger partial charge on any atom is -0.340 e. The molecule has 0 radical (unpaired) electrons. The van der Waals surface area contributed by atoms with E-state index in [1.165, 1.54) is 0 Å². The second kappa shape index (κ2) is 6.98. The summed E-state index contributed by atoms with van der Waals surface area (Å²) >= 11 is 0. The van der Waals surface area contributed by atoms with Crippen molar-refractivity contribution in [2.45, 2.75) is 65.1 Å². The van der Waals surface area contributed by atoms with Gasteiger partial charge in [0.15, 0.2) is 11.6 Å². The summed E-state index contributed by atoms with van der Waals surface area (Å²) in [4.78, 5) is 21.1. The lowest BCUT2D eigenvalue weighted by Crippen LogP contribution is -2.41. The van der Waals surface area contributed by atoms with Crippen molar-refractivity contribution >= 4 is 6.03 Å². The van der Waals surface area contributed by atoms with Gasteiger partial charge in [-0.3, -0.25) is 0 Å². The normalized spacial score (nSPS) is 18.0. The van der Waals surface area contributed by atoms with Crippen LogP contribution in [0.1, 0.15) is 68.6 Å². The lowest BCUT2D eigenvalue weighted by Gasteiger charge is -2.24. The van der Waals surface area contributed by atoms with Crippen LogP contribution in [0.5, 0.6) is 0 Å². The van der Waals surface area contributed by atoms with Crippen molar-refractivity contribution in [2.24, 2.45) is 0 Å². The fraction of sp³-hybridized carbons (Fsp3) is 0.667. The molecule has 2 atom stereocenters. The van der Waals surface area contributed by atoms with Gasteiger partial charge in [-0.05, 0) is 19.3 Å². The first-order valence-electron chi connectivity index (χ1n) is 8.41. The number of carbonyl (C=O) groups is 1. The van der Waals surface area contributed by atoms with Gasteiger partial charge in [-0.15, -0.1) is 0 Å². The fourth-order valence-electron chi connectivity index (χ4n) is 2.85. The molecule has 1 aliphatic rings. The first kappa shape index (κ1) is 16.4. The average Bonchev–Trinajstić information content (AvgIpc) is 3.19. The highest BCUT2D eigenvalue weighted by atomic mass is 16.5. The van der Waals surface area contributed by atoms with Crippen LogP contribution in [0.3, 0.4) is 0 Å². The number of hydrogen-bond donors (Lipinski definition) is 2. The van der Waals surface area contributed by atoms with Crippen molar-refractivity contribution in [3.63, 3.8) is 0 Å². The Labute approximate surface area is 140 Å². The Morgan fingerprint density at radius 1 is 1.42 bits per heavy atom. The number of hydrogen-bond acceptors (Lipinski definition) is 6. The molecule has 2 aromatic rings. The molecule has 9 nitrogen and oxygen atoms in total. The van der Waals surface area contributed by atoms with Crippen molar-refractivity contribution in [1.29, 1.82) is 0 Å². The molecule has 0 saturated heterocycles. The summed E-state index contributed by atoms with van der Waals surface area (Å²) in [6.07, 6.45) is 3.28. The zero-order chi connectivity index (χ0) is 17.1. The number of amides is 2. The van der Waals surface area contributed by atoms with E-state index in [9.17, 15) is 4.79 Å². The van der Waals surface area contributed by atoms with Crippen molar-refractivity contribution in [3.8, 4) is 0 Å². The third-order valence-electron chi connectivity index (χ3n) is 4.11. The third-order valence-corrected chi connectivity index (χ3v) is 4.11. The standard InChI is InChI=1S/C15H23N7O2/c1-4-10(13-16-9(3)24-21-13)17-15(23)18-11-7-6-8-22-14(11)19-12(5-2)20-22/h10-11H,4-8H2,1-3H3,(H2,17,18,23)/t10-,11-/m1/s1. The number of carbonyl (C=O) groups excluding carboxylic acids is 1. The summed E-state index contributed by atoms with van der Waals surface area (Å²) < 4.78 is 6.88. The molecule has 2 amide bonds. The lowest BCUT2D eigenvalue weighted by atomic mass is 10.1. The summed E-state index contributed by atoms with van der Waals surface area (Å²) in [5.41, 5.74) is 0. The maximum Gasteiger partial charge on any atom is 0.315 e. The SMILES string of the molecule is CCc1nc2n(n1)CCC[C@H]2NC(=O)N[C@H](CC)c1noc(C)n1. The van der Waals surface area contributed by atoms with Gasteiger partial charge in [-0.2, -0.15) is 10.1 Å². The Kier molecular flexibility index (Phi) is 4.77. The minimum atomic E-state index is -0.282. The number of urea groups is 1. The number of nitrogens with one attached hydrogen (secondary N) is 2. The van der Waals surface area contributed by atoms with E-state index in [-0.39, 0.29) is 18.1 Å². The number of aromatic nitrogens is 5. The highest BCUT2D eigenvalue weighted by Gasteiger charge is 2.26. The molecule has 0 unspecified atom stereocenters. The minimum absolute atomic E-state index is 0.129. The van der Waals surface area contributed by atoms with Gasteiger partial charge in [0, 0.05) is 19.9 Å². The second-order valence-corrected chi connectivity index (χ2v) is 5.91. The van der Waals surface area contributed by atoms with Gasteiger partial charge in [-0.25, -0.2) is 14.5 Å². The molecule has 0 aliphatic carbocycles. The van der Waals surface area contributed by atoms with Crippen molar-refractivity contribution in [1.82, 2.24) is 35.5 Å². The Morgan fingerprint density at radius 2 is 2.25 bits per heavy atom. The predicted molar refractivity (Wildman–Crippen MR) is 85.1 cm³/mol. The Hall–Kier alpha value is -2.45. The highest BCUT2D eigenvalue weighted by molar-refractivity contribution is 5.74. The predicted octanol–water partition coefficient (Wildman–Crippen LogP) is 1.82. The van der Waals surface area contributed by atoms with Crippen LogP contribution < -0.4 is 10.6 Å². The maximum atomic E-state index is 12.4. The highest BCUT2D eigenvalue weighted by Crippen LogP contribution is 2.23. The number of nitrogens with zero attached hydrogens (tertiary/aromatic N) is 5. The van der Waals surface area contributed by atoms with E-state index in [0.717, 1.165) is 37.5 Å². The largest absolute Gasteiger partial charge is 0.340 e. The number of aryl methyl sites for hydroxylation is 3. The van der Waals surface area contributed by atoms with E-state index in [1.807, 2.05) is 18.5 Å².